The minimum Gasteiger partial charge on any atom is -0.377 e. The molecule has 0 aromatic heterocycles. The predicted octanol–water partition coefficient (Wildman–Crippen LogP) is -0.125. The molecule has 0 spiro atoms. The lowest BCUT2D eigenvalue weighted by Gasteiger charge is -2.15. The van der Waals surface area contributed by atoms with Crippen molar-refractivity contribution in [1.29, 1.82) is 0 Å². The first-order chi connectivity index (χ1) is 5.57. The van der Waals surface area contributed by atoms with Crippen molar-refractivity contribution in [3.8, 4) is 0 Å². The summed E-state index contributed by atoms with van der Waals surface area (Å²) in [5.41, 5.74) is 5.13. The van der Waals surface area contributed by atoms with E-state index in [9.17, 15) is 4.79 Å². The van der Waals surface area contributed by atoms with E-state index in [2.05, 4.69) is 5.32 Å². The Morgan fingerprint density at radius 3 is 2.50 bits per heavy atom. The maximum absolute atomic E-state index is 10.8. The first-order valence-corrected chi connectivity index (χ1v) is 4.22. The average Bonchev–Trinajstić information content (AvgIpc) is 1.96. The van der Waals surface area contributed by atoms with E-state index >= 15 is 0 Å². The predicted molar refractivity (Wildman–Crippen MR) is 47.7 cm³/mol. The number of hydrogen-bond acceptors (Lipinski definition) is 3. The highest BCUT2D eigenvalue weighted by molar-refractivity contribution is 5.79. The van der Waals surface area contributed by atoms with Gasteiger partial charge in [-0.25, -0.2) is 0 Å². The van der Waals surface area contributed by atoms with E-state index in [-0.39, 0.29) is 18.1 Å². The van der Waals surface area contributed by atoms with Crippen molar-refractivity contribution in [2.75, 3.05) is 13.2 Å². The number of carbonyl (C=O) groups excluding carboxylic acids is 1. The summed E-state index contributed by atoms with van der Waals surface area (Å²) in [6.07, 6.45) is 0.130. The van der Waals surface area contributed by atoms with E-state index in [0.29, 0.717) is 6.61 Å². The van der Waals surface area contributed by atoms with E-state index in [4.69, 9.17) is 10.5 Å². The summed E-state index contributed by atoms with van der Waals surface area (Å²) in [5.74, 6) is -0.363. The Bertz CT molecular complexity index is 137. The van der Waals surface area contributed by atoms with E-state index in [1.165, 1.54) is 0 Å². The molecule has 1 amide bonds. The van der Waals surface area contributed by atoms with Crippen LogP contribution in [0.1, 0.15) is 20.8 Å². The maximum Gasteiger partial charge on any atom is 0.236 e. The first-order valence-electron chi connectivity index (χ1n) is 4.22. The summed E-state index contributed by atoms with van der Waals surface area (Å²) in [4.78, 5) is 10.8. The normalized spacial score (nSPS) is 13.3. The van der Waals surface area contributed by atoms with Gasteiger partial charge in [-0.05, 0) is 20.4 Å². The molecule has 0 saturated carbocycles. The number of likely N-dealkylation sites (N-methyl/N-ethyl adjacent to an activating group) is 1. The number of hydrogen-bond donors (Lipinski definition) is 2. The molecule has 1 unspecified atom stereocenters. The summed E-state index contributed by atoms with van der Waals surface area (Å²) in [6, 6.07) is -0.364. The third-order valence-corrected chi connectivity index (χ3v) is 1.39. The lowest BCUT2D eigenvalue weighted by Crippen LogP contribution is -2.44. The third kappa shape index (κ3) is 5.09. The van der Waals surface area contributed by atoms with Gasteiger partial charge in [-0.2, -0.15) is 0 Å². The second kappa shape index (κ2) is 5.97. The van der Waals surface area contributed by atoms with Crippen molar-refractivity contribution in [1.82, 2.24) is 5.32 Å². The Labute approximate surface area is 73.5 Å². The number of nitrogens with two attached hydrogens (primary N) is 1. The van der Waals surface area contributed by atoms with Gasteiger partial charge in [0, 0.05) is 0 Å². The van der Waals surface area contributed by atoms with Crippen LogP contribution in [0.3, 0.4) is 0 Å². The molecule has 0 heterocycles. The fraction of sp³-hybridized carbons (Fsp3) is 0.875. The van der Waals surface area contributed by atoms with Gasteiger partial charge in [0.2, 0.25) is 5.91 Å². The molecule has 4 nitrogen and oxygen atoms in total. The molecule has 0 aromatic carbocycles. The van der Waals surface area contributed by atoms with Crippen molar-refractivity contribution in [2.45, 2.75) is 32.9 Å². The molecule has 0 saturated heterocycles. The third-order valence-electron chi connectivity index (χ3n) is 1.39. The second-order valence-electron chi connectivity index (χ2n) is 2.89. The molecule has 4 heteroatoms. The van der Waals surface area contributed by atoms with Crippen molar-refractivity contribution < 1.29 is 9.53 Å². The number of rotatable bonds is 6. The molecule has 12 heavy (non-hydrogen) atoms. The van der Waals surface area contributed by atoms with Gasteiger partial charge < -0.3 is 15.8 Å². The van der Waals surface area contributed by atoms with Gasteiger partial charge >= 0.3 is 0 Å². The van der Waals surface area contributed by atoms with Crippen LogP contribution in [0.25, 0.3) is 0 Å². The van der Waals surface area contributed by atoms with Gasteiger partial charge in [0.1, 0.15) is 6.04 Å². The zero-order valence-corrected chi connectivity index (χ0v) is 7.96. The number of nitrogens with one attached hydrogen (secondary N) is 1. The second-order valence-corrected chi connectivity index (χ2v) is 2.89. The van der Waals surface area contributed by atoms with Crippen LogP contribution in [0, 0.1) is 0 Å². The molecule has 0 radical (unpaired) electrons. The number of carbonyl (C=O) groups is 1. The summed E-state index contributed by atoms with van der Waals surface area (Å²) < 4.78 is 5.25. The molecule has 0 bridgehead atoms. The smallest absolute Gasteiger partial charge is 0.236 e. The summed E-state index contributed by atoms with van der Waals surface area (Å²) in [6.45, 7) is 6.83. The van der Waals surface area contributed by atoms with Gasteiger partial charge in [-0.1, -0.05) is 6.92 Å². The molecule has 0 aliphatic rings. The highest BCUT2D eigenvalue weighted by atomic mass is 16.5. The first kappa shape index (κ1) is 11.4. The van der Waals surface area contributed by atoms with Crippen molar-refractivity contribution in [3.05, 3.63) is 0 Å². The Balaban J connectivity index is 3.71. The van der Waals surface area contributed by atoms with Crippen LogP contribution in [0.2, 0.25) is 0 Å². The SMILES string of the molecule is CCNC(COC(C)C)C(N)=O. The molecule has 0 aliphatic heterocycles. The molecule has 72 valence electrons. The standard InChI is InChI=1S/C8H18N2O2/c1-4-10-7(8(9)11)5-12-6(2)3/h6-7,10H,4-5H2,1-3H3,(H2,9,11). The van der Waals surface area contributed by atoms with Gasteiger partial charge in [0.05, 0.1) is 12.7 Å². The van der Waals surface area contributed by atoms with E-state index in [1.54, 1.807) is 0 Å². The van der Waals surface area contributed by atoms with Gasteiger partial charge in [0.25, 0.3) is 0 Å². The average molecular weight is 174 g/mol. The molecular weight excluding hydrogens is 156 g/mol. The lowest BCUT2D eigenvalue weighted by atomic mass is 10.3. The summed E-state index contributed by atoms with van der Waals surface area (Å²) >= 11 is 0. The lowest BCUT2D eigenvalue weighted by molar-refractivity contribution is -0.121. The minimum absolute atomic E-state index is 0.130. The molecular formula is C8H18N2O2. The number of amides is 1. The van der Waals surface area contributed by atoms with Gasteiger partial charge in [-0.3, -0.25) is 4.79 Å². The highest BCUT2D eigenvalue weighted by Gasteiger charge is 2.13. The maximum atomic E-state index is 10.8. The van der Waals surface area contributed by atoms with Crippen LogP contribution in [0.5, 0.6) is 0 Å². The monoisotopic (exact) mass is 174 g/mol. The van der Waals surface area contributed by atoms with E-state index < -0.39 is 0 Å². The van der Waals surface area contributed by atoms with E-state index in [0.717, 1.165) is 6.54 Å². The van der Waals surface area contributed by atoms with Crippen molar-refractivity contribution >= 4 is 5.91 Å². The number of ether oxygens (including phenoxy) is 1. The van der Waals surface area contributed by atoms with Crippen molar-refractivity contribution in [2.24, 2.45) is 5.73 Å². The highest BCUT2D eigenvalue weighted by Crippen LogP contribution is 1.91. The fourth-order valence-corrected chi connectivity index (χ4v) is 0.777. The zero-order valence-electron chi connectivity index (χ0n) is 7.96. The molecule has 3 N–H and O–H groups in total. The Morgan fingerprint density at radius 2 is 2.17 bits per heavy atom. The zero-order chi connectivity index (χ0) is 9.56. The van der Waals surface area contributed by atoms with Crippen LogP contribution in [-0.4, -0.2) is 31.2 Å². The van der Waals surface area contributed by atoms with Gasteiger partial charge in [-0.15, -0.1) is 0 Å². The van der Waals surface area contributed by atoms with Crippen LogP contribution in [0.15, 0.2) is 0 Å². The molecule has 0 rings (SSSR count). The van der Waals surface area contributed by atoms with Crippen molar-refractivity contribution in [3.63, 3.8) is 0 Å². The quantitative estimate of drug-likeness (QED) is 0.590. The molecule has 1 atom stereocenters. The van der Waals surface area contributed by atoms with Crippen LogP contribution in [0.4, 0.5) is 0 Å². The Kier molecular flexibility index (Phi) is 5.66. The Morgan fingerprint density at radius 1 is 1.58 bits per heavy atom. The minimum atomic E-state index is -0.364. The van der Waals surface area contributed by atoms with Crippen LogP contribution < -0.4 is 11.1 Å². The molecule has 0 fully saturated rings. The Hall–Kier alpha value is -0.610. The number of primary amides is 1. The fourth-order valence-electron chi connectivity index (χ4n) is 0.777. The molecule has 0 aromatic rings. The van der Waals surface area contributed by atoms with Crippen LogP contribution in [-0.2, 0) is 9.53 Å². The summed E-state index contributed by atoms with van der Waals surface area (Å²) in [5, 5.41) is 2.94. The largest absolute Gasteiger partial charge is 0.377 e. The van der Waals surface area contributed by atoms with Crippen LogP contribution >= 0.6 is 0 Å². The topological polar surface area (TPSA) is 64.3 Å². The van der Waals surface area contributed by atoms with Gasteiger partial charge in [0.15, 0.2) is 0 Å². The molecule has 0 aliphatic carbocycles. The van der Waals surface area contributed by atoms with E-state index in [1.807, 2.05) is 20.8 Å². The summed E-state index contributed by atoms with van der Waals surface area (Å²) in [7, 11) is 0.